The number of nitrogen functional groups attached to an aromatic ring is 2. The molecule has 0 spiro atoms. The van der Waals surface area contributed by atoms with Crippen LogP contribution in [0.15, 0.2) is 304 Å². The minimum Gasteiger partial charge on any atom is -0.508 e. The molecule has 14 rings (SSSR count). The van der Waals surface area contributed by atoms with Crippen LogP contribution in [0, 0.1) is 30.2 Å². The number of aromatic nitrogens is 3. The molecule has 0 saturated heterocycles. The van der Waals surface area contributed by atoms with Crippen LogP contribution in [0.1, 0.15) is 155 Å². The molecule has 28 nitrogen and oxygen atoms in total. The lowest BCUT2D eigenvalue weighted by Gasteiger charge is -2.19. The maximum absolute atomic E-state index is 13.6. The van der Waals surface area contributed by atoms with Crippen molar-refractivity contribution < 1.29 is 93.7 Å². The third-order valence-corrected chi connectivity index (χ3v) is 18.8. The minimum absolute atomic E-state index is 0.107. The molecule has 0 unspecified atom stereocenters. The molecule has 6 amide bonds. The third kappa shape index (κ3) is 42.7. The molecule has 0 aliphatic heterocycles. The summed E-state index contributed by atoms with van der Waals surface area (Å²) in [5.74, 6) is 5.06. The summed E-state index contributed by atoms with van der Waals surface area (Å²) >= 11 is 3.17. The summed E-state index contributed by atoms with van der Waals surface area (Å²) in [5.41, 5.74) is 17.6. The second-order valence-corrected chi connectivity index (χ2v) is 36.0. The van der Waals surface area contributed by atoms with E-state index in [9.17, 15) is 41.5 Å². The van der Waals surface area contributed by atoms with Crippen LogP contribution in [0.5, 0.6) is 34.5 Å². The van der Waals surface area contributed by atoms with E-state index in [4.69, 9.17) is 63.7 Å². The SMILES string of the molecule is CC(C)(C)OC(=O)Nc1ccc(O)cc1.CC(C)(C)OC(=O)Nc1ccc(OCc2ccccc2F)cc1.CC(C)(C)c1cc(N=C=O)no1.CC(C)(C)c1cc(NC(=O)Nc2ccc(OCc3ccccc3F)cc2)no1.Cc1ccccc1COc1ccc(NC(=O)Nc2cc(C(C)(C)C)on2)cc1.Fc1ccccc1CBr.Nc1ccc(O)cc1.Nc1ccc(OCc2ccccc2F)cc1. The van der Waals surface area contributed by atoms with E-state index in [1.54, 1.807) is 248 Å². The number of nitrogens with one attached hydrogen (secondary N) is 6. The van der Waals surface area contributed by atoms with Gasteiger partial charge in [-0.1, -0.05) is 191 Å². The molecule has 14 aromatic rings. The number of nitrogens with two attached hydrogens (primary N) is 2. The zero-order valence-electron chi connectivity index (χ0n) is 80.1. The zero-order chi connectivity index (χ0) is 102. The number of hydrogen-bond donors (Lipinski definition) is 10. The van der Waals surface area contributed by atoms with Crippen molar-refractivity contribution in [3.8, 4) is 34.5 Å². The average molecular weight is 1970 g/mol. The van der Waals surface area contributed by atoms with E-state index in [2.05, 4.69) is 81.3 Å². The van der Waals surface area contributed by atoms with Crippen LogP contribution in [-0.2, 0) is 62.3 Å². The molecule has 0 fully saturated rings. The summed E-state index contributed by atoms with van der Waals surface area (Å²) < 4.78 is 101. The van der Waals surface area contributed by atoms with Crippen LogP contribution in [0.25, 0.3) is 0 Å². The van der Waals surface area contributed by atoms with Gasteiger partial charge in [0.25, 0.3) is 0 Å². The number of phenols is 2. The number of isocyanates is 1. The van der Waals surface area contributed by atoms with Crippen molar-refractivity contribution in [2.24, 2.45) is 4.99 Å². The first kappa shape index (κ1) is 110. The van der Waals surface area contributed by atoms with Crippen LogP contribution in [0.3, 0.4) is 0 Å². The molecular formula is C106H117BrF4N12O16. The number of hydrogen-bond acceptors (Lipinski definition) is 22. The first-order chi connectivity index (χ1) is 65.7. The van der Waals surface area contributed by atoms with Crippen molar-refractivity contribution in [2.75, 3.05) is 43.4 Å². The largest absolute Gasteiger partial charge is 0.508 e. The van der Waals surface area contributed by atoms with Crippen LogP contribution < -0.4 is 62.3 Å². The van der Waals surface area contributed by atoms with Crippen molar-refractivity contribution >= 4 is 97.8 Å². The fraction of sp³-hybridized carbons (Fsp3) is 0.245. The molecule has 0 aliphatic rings. The summed E-state index contributed by atoms with van der Waals surface area (Å²) in [6.07, 6.45) is 0.379. The first-order valence-electron chi connectivity index (χ1n) is 43.4. The number of aromatic hydroxyl groups is 2. The smallest absolute Gasteiger partial charge is 0.412 e. The number of carbonyl (C=O) groups excluding carboxylic acids is 5. The fourth-order valence-electron chi connectivity index (χ4n) is 10.9. The molecule has 139 heavy (non-hydrogen) atoms. The van der Waals surface area contributed by atoms with E-state index in [1.807, 2.05) is 98.7 Å². The number of urea groups is 2. The molecule has 0 atom stereocenters. The Morgan fingerprint density at radius 1 is 0.367 bits per heavy atom. The normalized spacial score (nSPS) is 10.7. The highest BCUT2D eigenvalue weighted by molar-refractivity contribution is 9.08. The Hall–Kier alpha value is -15.9. The number of phenolic OH excluding ortho intramolecular Hbond substituents is 2. The number of carbonyl (C=O) groups is 4. The molecule has 3 heterocycles. The standard InChI is InChI=1S/C22H25N3O3.C21H22FN3O3.C18H20FNO3.C13H12FNO.C11H15NO3.C8H10N2O2.C7H6BrF.C6H7NO/c1-15-7-5-6-8-16(15)14-27-18-11-9-17(10-12-18)23-21(26)24-20-13-19(28-25-20)22(2,3)4;1-21(2,3)18-12-19(25-28-18)24-20(26)23-15-8-10-16(11-9-15)27-13-14-6-4-5-7-17(14)22;1-18(2,3)23-17(21)20-14-8-10-15(11-9-14)22-12-13-6-4-5-7-16(13)19;14-13-4-2-1-3-10(13)9-16-12-7-5-11(15)6-8-12;1-11(2,3)15-10(14)12-8-4-6-9(13)7-5-8;1-8(2,3)6-4-7(9-5-11)10-12-6;8-5-6-3-1-2-4-7(6)9;7-5-1-3-6(8)4-2-5/h5-13H,14H2,1-4H3,(H2,23,24,25,26);4-12H,13H2,1-3H3,(H2,23,24,25,26);4-11H,12H2,1-3H3,(H,20,21);1-8H,9,15H2;4-7,13H,1-3H3,(H,12,14);4H,1-3H3;1-4H,5H2;1-4,8H,7H2. The molecular weight excluding hydrogens is 1850 g/mol. The van der Waals surface area contributed by atoms with Gasteiger partial charge in [0.15, 0.2) is 11.6 Å². The predicted molar refractivity (Wildman–Crippen MR) is 536 cm³/mol. The summed E-state index contributed by atoms with van der Waals surface area (Å²) in [5, 5.41) is 45.5. The molecule has 0 aliphatic carbocycles. The number of ether oxygens (including phenoxy) is 6. The van der Waals surface area contributed by atoms with Gasteiger partial charge in [-0.15, -0.1) is 4.99 Å². The number of aryl methyl sites for hydroxylation is 1. The van der Waals surface area contributed by atoms with Gasteiger partial charge in [0.2, 0.25) is 11.9 Å². The third-order valence-electron chi connectivity index (χ3n) is 18.2. The molecule has 3 aromatic heterocycles. The number of alkyl halides is 1. The monoisotopic (exact) mass is 1970 g/mol. The quantitative estimate of drug-likeness (QED) is 0.00846. The van der Waals surface area contributed by atoms with E-state index in [0.29, 0.717) is 114 Å². The zero-order valence-corrected chi connectivity index (χ0v) is 81.7. The van der Waals surface area contributed by atoms with Crippen molar-refractivity contribution in [3.05, 3.63) is 359 Å². The highest BCUT2D eigenvalue weighted by Gasteiger charge is 2.24. The Bertz CT molecular complexity index is 6010. The van der Waals surface area contributed by atoms with E-state index in [1.165, 1.54) is 48.0 Å². The van der Waals surface area contributed by atoms with E-state index >= 15 is 0 Å². The Labute approximate surface area is 814 Å². The summed E-state index contributed by atoms with van der Waals surface area (Å²) in [7, 11) is 0. The van der Waals surface area contributed by atoms with Gasteiger partial charge >= 0.3 is 24.2 Å². The Kier molecular flexibility index (Phi) is 42.8. The van der Waals surface area contributed by atoms with Gasteiger partial charge in [-0.3, -0.25) is 21.3 Å². The first-order valence-corrected chi connectivity index (χ1v) is 44.6. The van der Waals surface area contributed by atoms with E-state index in [0.717, 1.165) is 11.3 Å². The second-order valence-electron chi connectivity index (χ2n) is 35.4. The minimum atomic E-state index is -0.549. The van der Waals surface area contributed by atoms with Crippen LogP contribution in [-0.4, -0.2) is 67.2 Å². The summed E-state index contributed by atoms with van der Waals surface area (Å²) in [6, 6.07) is 78.9. The Balaban J connectivity index is 0.000000223. The lowest BCUT2D eigenvalue weighted by atomic mass is 9.93. The van der Waals surface area contributed by atoms with Crippen LogP contribution in [0.4, 0.5) is 88.3 Å². The van der Waals surface area contributed by atoms with Crippen molar-refractivity contribution in [1.29, 1.82) is 0 Å². The lowest BCUT2D eigenvalue weighted by Crippen LogP contribution is -2.27. The molecule has 12 N–H and O–H groups in total. The number of rotatable bonds is 20. The second kappa shape index (κ2) is 54.0. The number of aliphatic imine (C=N–C) groups is 1. The van der Waals surface area contributed by atoms with Crippen LogP contribution in [0.2, 0.25) is 0 Å². The number of halogens is 5. The van der Waals surface area contributed by atoms with Gasteiger partial charge in [0.05, 0.1) is 0 Å². The van der Waals surface area contributed by atoms with Gasteiger partial charge in [-0.25, -0.2) is 41.5 Å². The summed E-state index contributed by atoms with van der Waals surface area (Å²) in [4.78, 5) is 60.4. The van der Waals surface area contributed by atoms with Gasteiger partial charge in [-0.2, -0.15) is 0 Å². The molecule has 0 saturated carbocycles. The topological polar surface area (TPSA) is 396 Å². The maximum atomic E-state index is 13.6. The van der Waals surface area contributed by atoms with Gasteiger partial charge in [-0.05, 0) is 235 Å². The molecule has 732 valence electrons. The predicted octanol–water partition coefficient (Wildman–Crippen LogP) is 26.9. The number of anilines is 8. The maximum Gasteiger partial charge on any atom is 0.412 e. The molecule has 33 heteroatoms. The van der Waals surface area contributed by atoms with E-state index < -0.39 is 29.4 Å². The average Bonchev–Trinajstić information content (AvgIpc) is 1.72. The number of benzene rings is 11. The van der Waals surface area contributed by atoms with E-state index in [-0.39, 0.29) is 82.7 Å². The van der Waals surface area contributed by atoms with Gasteiger partial charge in [0.1, 0.15) is 113 Å². The molecule has 0 radical (unpaired) electrons. The highest BCUT2D eigenvalue weighted by atomic mass is 79.9. The van der Waals surface area contributed by atoms with Crippen LogP contribution >= 0.6 is 15.9 Å². The highest BCUT2D eigenvalue weighted by Crippen LogP contribution is 2.30. The lowest BCUT2D eigenvalue weighted by molar-refractivity contribution is 0.0624. The number of nitrogens with zero attached hydrogens (tertiary/aromatic N) is 4. The van der Waals surface area contributed by atoms with Gasteiger partial charge < -0.3 is 74.3 Å². The fourth-order valence-corrected chi connectivity index (χ4v) is 11.3. The van der Waals surface area contributed by atoms with Crippen molar-refractivity contribution in [1.82, 2.24) is 15.5 Å². The number of amides is 6. The Morgan fingerprint density at radius 2 is 0.640 bits per heavy atom. The van der Waals surface area contributed by atoms with Crippen molar-refractivity contribution in [3.63, 3.8) is 0 Å². The summed E-state index contributed by atoms with van der Waals surface area (Å²) in [6.45, 7) is 31.8. The van der Waals surface area contributed by atoms with Crippen molar-refractivity contribution in [2.45, 2.75) is 170 Å². The van der Waals surface area contributed by atoms with Gasteiger partial charge in [0, 0.05) is 90.6 Å². The molecule has 11 aromatic carbocycles. The Morgan fingerprint density at radius 3 is 0.928 bits per heavy atom. The molecule has 0 bridgehead atoms.